The lowest BCUT2D eigenvalue weighted by Crippen LogP contribution is -2.42. The number of nitrogens with zero attached hydrogens (tertiary/aromatic N) is 3. The summed E-state index contributed by atoms with van der Waals surface area (Å²) >= 11 is 1.88. The maximum absolute atomic E-state index is 5.57. The van der Waals surface area contributed by atoms with Crippen LogP contribution in [0.1, 0.15) is 56.8 Å². The minimum atomic E-state index is 0.352. The van der Waals surface area contributed by atoms with Crippen LogP contribution < -0.4 is 5.32 Å². The average molecular weight is 310 g/mol. The van der Waals surface area contributed by atoms with E-state index in [1.54, 1.807) is 0 Å². The number of rotatable bonds is 6. The highest BCUT2D eigenvalue weighted by atomic mass is 32.2. The Morgan fingerprint density at radius 2 is 2.19 bits per heavy atom. The van der Waals surface area contributed by atoms with E-state index in [1.165, 1.54) is 32.2 Å². The maximum atomic E-state index is 5.57. The zero-order valence-electron chi connectivity index (χ0n) is 12.9. The molecule has 0 spiro atoms. The Kier molecular flexibility index (Phi) is 5.55. The predicted molar refractivity (Wildman–Crippen MR) is 85.3 cm³/mol. The van der Waals surface area contributed by atoms with Crippen molar-refractivity contribution in [3.8, 4) is 0 Å². The van der Waals surface area contributed by atoms with E-state index in [-0.39, 0.29) is 0 Å². The van der Waals surface area contributed by atoms with Crippen LogP contribution in [0.25, 0.3) is 0 Å². The van der Waals surface area contributed by atoms with Gasteiger partial charge in [0.05, 0.1) is 11.8 Å². The van der Waals surface area contributed by atoms with Crippen LogP contribution in [0, 0.1) is 0 Å². The van der Waals surface area contributed by atoms with Crippen LogP contribution in [0.15, 0.2) is 4.52 Å². The molecular formula is C15H26N4OS. The van der Waals surface area contributed by atoms with Gasteiger partial charge in [-0.1, -0.05) is 12.1 Å². The summed E-state index contributed by atoms with van der Waals surface area (Å²) in [5, 5.41) is 7.61. The third kappa shape index (κ3) is 3.79. The van der Waals surface area contributed by atoms with Gasteiger partial charge in [-0.25, -0.2) is 0 Å². The molecule has 2 saturated heterocycles. The summed E-state index contributed by atoms with van der Waals surface area (Å²) < 4.78 is 5.57. The Morgan fingerprint density at radius 1 is 1.33 bits per heavy atom. The number of likely N-dealkylation sites (tertiary alicyclic amines) is 1. The van der Waals surface area contributed by atoms with Crippen LogP contribution in [-0.4, -0.2) is 46.5 Å². The zero-order valence-corrected chi connectivity index (χ0v) is 13.7. The monoisotopic (exact) mass is 310 g/mol. The fourth-order valence-electron chi connectivity index (χ4n) is 3.40. The molecule has 2 aliphatic rings. The van der Waals surface area contributed by atoms with Gasteiger partial charge in [-0.15, -0.1) is 0 Å². The Labute approximate surface area is 131 Å². The van der Waals surface area contributed by atoms with Gasteiger partial charge in [-0.3, -0.25) is 4.90 Å². The van der Waals surface area contributed by atoms with Gasteiger partial charge in [-0.2, -0.15) is 16.7 Å². The predicted octanol–water partition coefficient (Wildman–Crippen LogP) is 2.60. The molecule has 0 bridgehead atoms. The van der Waals surface area contributed by atoms with Crippen molar-refractivity contribution >= 4 is 11.8 Å². The van der Waals surface area contributed by atoms with E-state index in [4.69, 9.17) is 4.52 Å². The van der Waals surface area contributed by atoms with Gasteiger partial charge in [0.25, 0.3) is 0 Å². The minimum Gasteiger partial charge on any atom is -0.338 e. The first kappa shape index (κ1) is 15.3. The van der Waals surface area contributed by atoms with Crippen LogP contribution in [0.4, 0.5) is 0 Å². The van der Waals surface area contributed by atoms with Crippen LogP contribution in [0.5, 0.6) is 0 Å². The number of nitrogens with one attached hydrogen (secondary N) is 1. The molecule has 2 aliphatic heterocycles. The van der Waals surface area contributed by atoms with Crippen molar-refractivity contribution in [1.29, 1.82) is 0 Å². The van der Waals surface area contributed by atoms with E-state index in [1.807, 2.05) is 11.8 Å². The molecule has 1 atom stereocenters. The Bertz CT molecular complexity index is 433. The number of hydrogen-bond acceptors (Lipinski definition) is 6. The lowest BCUT2D eigenvalue weighted by molar-refractivity contribution is 0.126. The Morgan fingerprint density at radius 3 is 3.00 bits per heavy atom. The highest BCUT2D eigenvalue weighted by Gasteiger charge is 2.35. The highest BCUT2D eigenvalue weighted by molar-refractivity contribution is 7.98. The van der Waals surface area contributed by atoms with Crippen molar-refractivity contribution in [2.75, 3.05) is 25.4 Å². The van der Waals surface area contributed by atoms with Gasteiger partial charge in [0.1, 0.15) is 0 Å². The quantitative estimate of drug-likeness (QED) is 0.815. The molecule has 0 aromatic carbocycles. The fourth-order valence-corrected chi connectivity index (χ4v) is 4.13. The van der Waals surface area contributed by atoms with Crippen molar-refractivity contribution in [1.82, 2.24) is 20.4 Å². The van der Waals surface area contributed by atoms with Crippen molar-refractivity contribution in [3.63, 3.8) is 0 Å². The minimum absolute atomic E-state index is 0.352. The van der Waals surface area contributed by atoms with Gasteiger partial charge < -0.3 is 9.84 Å². The molecule has 1 aromatic rings. The standard InChI is InChI=1S/C15H26N4OS/c1-2-10-21-11-14-17-15(20-18-14)13-4-3-9-19(13)12-5-7-16-8-6-12/h12-13,16H,2-11H2,1H3. The van der Waals surface area contributed by atoms with Crippen LogP contribution >= 0.6 is 11.8 Å². The van der Waals surface area contributed by atoms with Crippen molar-refractivity contribution < 1.29 is 4.52 Å². The van der Waals surface area contributed by atoms with E-state index in [2.05, 4.69) is 27.3 Å². The zero-order chi connectivity index (χ0) is 14.5. The molecular weight excluding hydrogens is 284 g/mol. The summed E-state index contributed by atoms with van der Waals surface area (Å²) in [6.07, 6.45) is 6.08. The number of hydrogen-bond donors (Lipinski definition) is 1. The molecule has 21 heavy (non-hydrogen) atoms. The molecule has 1 N–H and O–H groups in total. The topological polar surface area (TPSA) is 54.2 Å². The molecule has 0 saturated carbocycles. The molecule has 0 radical (unpaired) electrons. The number of piperidine rings is 1. The van der Waals surface area contributed by atoms with Crippen molar-refractivity contribution in [2.45, 2.75) is 56.9 Å². The Hall–Kier alpha value is -0.590. The van der Waals surface area contributed by atoms with Crippen LogP contribution in [0.3, 0.4) is 0 Å². The average Bonchev–Trinajstić information content (AvgIpc) is 3.17. The molecule has 3 rings (SSSR count). The second kappa shape index (κ2) is 7.61. The van der Waals surface area contributed by atoms with Gasteiger partial charge in [0.2, 0.25) is 5.89 Å². The van der Waals surface area contributed by atoms with E-state index < -0.39 is 0 Å². The van der Waals surface area contributed by atoms with Gasteiger partial charge in [0.15, 0.2) is 5.82 Å². The van der Waals surface area contributed by atoms with E-state index in [9.17, 15) is 0 Å². The van der Waals surface area contributed by atoms with Gasteiger partial charge in [-0.05, 0) is 57.5 Å². The lowest BCUT2D eigenvalue weighted by atomic mass is 10.0. The largest absolute Gasteiger partial charge is 0.338 e. The SMILES string of the molecule is CCCSCc1noc(C2CCCN2C2CCNCC2)n1. The van der Waals surface area contributed by atoms with Crippen molar-refractivity contribution in [3.05, 3.63) is 11.7 Å². The van der Waals surface area contributed by atoms with Crippen LogP contribution in [-0.2, 0) is 5.75 Å². The second-order valence-corrected chi connectivity index (χ2v) is 7.08. The molecule has 118 valence electrons. The fraction of sp³-hybridized carbons (Fsp3) is 0.867. The van der Waals surface area contributed by atoms with E-state index in [0.29, 0.717) is 12.1 Å². The summed E-state index contributed by atoms with van der Waals surface area (Å²) in [7, 11) is 0. The summed E-state index contributed by atoms with van der Waals surface area (Å²) in [5.41, 5.74) is 0. The van der Waals surface area contributed by atoms with Gasteiger partial charge >= 0.3 is 0 Å². The van der Waals surface area contributed by atoms with Crippen LogP contribution in [0.2, 0.25) is 0 Å². The molecule has 0 aliphatic carbocycles. The first-order chi connectivity index (χ1) is 10.4. The third-order valence-electron chi connectivity index (χ3n) is 4.42. The normalized spacial score (nSPS) is 24.7. The van der Waals surface area contributed by atoms with E-state index in [0.717, 1.165) is 42.7 Å². The molecule has 6 heteroatoms. The number of thioether (sulfide) groups is 1. The number of aromatic nitrogens is 2. The molecule has 1 unspecified atom stereocenters. The summed E-state index contributed by atoms with van der Waals surface area (Å²) in [6, 6.07) is 1.04. The molecule has 2 fully saturated rings. The van der Waals surface area contributed by atoms with E-state index >= 15 is 0 Å². The third-order valence-corrected chi connectivity index (χ3v) is 5.58. The first-order valence-corrected chi connectivity index (χ1v) is 9.40. The Balaban J connectivity index is 1.61. The smallest absolute Gasteiger partial charge is 0.244 e. The molecule has 3 heterocycles. The van der Waals surface area contributed by atoms with Crippen molar-refractivity contribution in [2.24, 2.45) is 0 Å². The molecule has 1 aromatic heterocycles. The summed E-state index contributed by atoms with van der Waals surface area (Å²) in [6.45, 7) is 5.65. The summed E-state index contributed by atoms with van der Waals surface area (Å²) in [5.74, 6) is 3.74. The first-order valence-electron chi connectivity index (χ1n) is 8.25. The lowest BCUT2D eigenvalue weighted by Gasteiger charge is -2.34. The molecule has 0 amide bonds. The summed E-state index contributed by atoms with van der Waals surface area (Å²) in [4.78, 5) is 7.26. The molecule has 5 nitrogen and oxygen atoms in total. The highest BCUT2D eigenvalue weighted by Crippen LogP contribution is 2.34. The second-order valence-electron chi connectivity index (χ2n) is 5.98. The van der Waals surface area contributed by atoms with Gasteiger partial charge in [0, 0.05) is 6.04 Å². The maximum Gasteiger partial charge on any atom is 0.244 e.